The van der Waals surface area contributed by atoms with Gasteiger partial charge in [-0.15, -0.1) is 0 Å². The van der Waals surface area contributed by atoms with Crippen molar-refractivity contribution >= 4 is 21.2 Å². The van der Waals surface area contributed by atoms with Crippen molar-refractivity contribution in [3.8, 4) is 5.75 Å². The molecule has 0 radical (unpaired) electrons. The van der Waals surface area contributed by atoms with Crippen LogP contribution in [0.5, 0.6) is 5.75 Å². The second-order valence-corrected chi connectivity index (χ2v) is 7.92. The van der Waals surface area contributed by atoms with Crippen LogP contribution in [-0.2, 0) is 16.8 Å². The SMILES string of the molecule is C[C@]12CCc3c(ccc4cc(O)ccc34)C1CC[C@H]2O.O=S(=O)([O-])[O-].[Na+].[Na+]. The molecule has 1 fully saturated rings. The van der Waals surface area contributed by atoms with Crippen molar-refractivity contribution in [1.82, 2.24) is 0 Å². The van der Waals surface area contributed by atoms with E-state index < -0.39 is 10.4 Å². The largest absolute Gasteiger partial charge is 1.00 e. The molecule has 0 spiro atoms. The van der Waals surface area contributed by atoms with Crippen LogP contribution in [0.25, 0.3) is 10.8 Å². The molecule has 0 saturated heterocycles. The zero-order valence-corrected chi connectivity index (χ0v) is 20.6. The molecule has 2 aromatic carbocycles. The molecule has 136 valence electrons. The average molecular weight is 410 g/mol. The molecule has 2 aliphatic carbocycles. The number of hydrogen-bond acceptors (Lipinski definition) is 6. The second kappa shape index (κ2) is 9.43. The molecule has 2 aromatic rings. The fourth-order valence-electron chi connectivity index (χ4n) is 4.47. The molecular formula is C18H20Na2O6S. The Morgan fingerprint density at radius 2 is 1.74 bits per heavy atom. The first-order valence-corrected chi connectivity index (χ1v) is 9.52. The summed E-state index contributed by atoms with van der Waals surface area (Å²) >= 11 is 0. The van der Waals surface area contributed by atoms with E-state index in [1.165, 1.54) is 16.5 Å². The maximum atomic E-state index is 10.3. The number of benzene rings is 2. The normalized spacial score (nSPS) is 25.9. The fourth-order valence-corrected chi connectivity index (χ4v) is 4.47. The summed E-state index contributed by atoms with van der Waals surface area (Å²) in [5.74, 6) is 0.814. The van der Waals surface area contributed by atoms with Crippen LogP contribution < -0.4 is 59.1 Å². The van der Waals surface area contributed by atoms with E-state index in [-0.39, 0.29) is 70.6 Å². The van der Waals surface area contributed by atoms with Gasteiger partial charge in [-0.25, -0.2) is 0 Å². The summed E-state index contributed by atoms with van der Waals surface area (Å²) in [6, 6.07) is 9.99. The monoisotopic (exact) mass is 410 g/mol. The molecule has 1 saturated carbocycles. The molecule has 0 bridgehead atoms. The molecule has 6 nitrogen and oxygen atoms in total. The van der Waals surface area contributed by atoms with Gasteiger partial charge in [-0.1, -0.05) is 25.1 Å². The maximum Gasteiger partial charge on any atom is 1.00 e. The van der Waals surface area contributed by atoms with Crippen molar-refractivity contribution in [2.75, 3.05) is 0 Å². The van der Waals surface area contributed by atoms with Gasteiger partial charge < -0.3 is 19.3 Å². The number of aliphatic hydroxyl groups is 1. The zero-order valence-electron chi connectivity index (χ0n) is 15.8. The molecule has 27 heavy (non-hydrogen) atoms. The van der Waals surface area contributed by atoms with Crippen molar-refractivity contribution < 1.29 is 86.9 Å². The standard InChI is InChI=1S/C18H20O2.2Na.H2O4S/c1-18-9-8-14-13-5-3-12(19)10-11(13)2-4-15(14)16(18)6-7-17(18)20;;;1-5(2,3)4/h2-5,10,16-17,19-20H,6-9H2,1H3;;;(H2,1,2,3,4)/q;2*+1;/p-2/t16?,17-,18+;;;/m1.../s1. The number of phenols is 1. The minimum atomic E-state index is -5.17. The number of rotatable bonds is 0. The quantitative estimate of drug-likeness (QED) is 0.263. The third kappa shape index (κ3) is 5.48. The van der Waals surface area contributed by atoms with Crippen molar-refractivity contribution in [3.05, 3.63) is 41.5 Å². The number of fused-ring (bicyclic) bond motifs is 5. The summed E-state index contributed by atoms with van der Waals surface area (Å²) in [6.45, 7) is 2.25. The summed E-state index contributed by atoms with van der Waals surface area (Å²) in [5.41, 5.74) is 2.91. The second-order valence-electron chi connectivity index (χ2n) is 7.10. The first-order chi connectivity index (χ1) is 11.6. The van der Waals surface area contributed by atoms with E-state index in [4.69, 9.17) is 17.5 Å². The van der Waals surface area contributed by atoms with Gasteiger partial charge in [-0.3, -0.25) is 8.42 Å². The molecule has 0 aromatic heterocycles. The number of aryl methyl sites for hydroxylation is 1. The molecular weight excluding hydrogens is 390 g/mol. The van der Waals surface area contributed by atoms with Crippen molar-refractivity contribution in [2.45, 2.75) is 44.6 Å². The topological polar surface area (TPSA) is 121 Å². The van der Waals surface area contributed by atoms with Gasteiger partial charge in [0.1, 0.15) is 5.75 Å². The Kier molecular flexibility index (Phi) is 8.86. The smallest absolute Gasteiger partial charge is 0.759 e. The summed E-state index contributed by atoms with van der Waals surface area (Å²) < 4.78 is 34.1. The van der Waals surface area contributed by atoms with Crippen molar-refractivity contribution in [3.63, 3.8) is 0 Å². The Bertz CT molecular complexity index is 909. The molecule has 9 heteroatoms. The zero-order chi connectivity index (χ0) is 18.4. The van der Waals surface area contributed by atoms with E-state index in [1.54, 1.807) is 6.07 Å². The van der Waals surface area contributed by atoms with E-state index in [2.05, 4.69) is 19.1 Å². The van der Waals surface area contributed by atoms with Gasteiger partial charge >= 0.3 is 59.1 Å². The Morgan fingerprint density at radius 1 is 1.11 bits per heavy atom. The van der Waals surface area contributed by atoms with E-state index in [0.717, 1.165) is 31.1 Å². The van der Waals surface area contributed by atoms with Gasteiger partial charge in [0.05, 0.1) is 6.10 Å². The maximum absolute atomic E-state index is 10.3. The van der Waals surface area contributed by atoms with Gasteiger partial charge in [0.2, 0.25) is 0 Å². The van der Waals surface area contributed by atoms with Crippen LogP contribution in [0.2, 0.25) is 0 Å². The third-order valence-corrected chi connectivity index (χ3v) is 5.73. The van der Waals surface area contributed by atoms with Crippen LogP contribution in [0.4, 0.5) is 0 Å². The minimum Gasteiger partial charge on any atom is -0.759 e. The number of aromatic hydroxyl groups is 1. The van der Waals surface area contributed by atoms with Gasteiger partial charge in [0.25, 0.3) is 0 Å². The Hall–Kier alpha value is 0.330. The van der Waals surface area contributed by atoms with E-state index >= 15 is 0 Å². The summed E-state index contributed by atoms with van der Waals surface area (Å²) in [4.78, 5) is 0. The predicted molar refractivity (Wildman–Crippen MR) is 90.5 cm³/mol. The average Bonchev–Trinajstić information content (AvgIpc) is 2.81. The van der Waals surface area contributed by atoms with Gasteiger partial charge in [0, 0.05) is 15.8 Å². The molecule has 0 amide bonds. The van der Waals surface area contributed by atoms with Gasteiger partial charge in [-0.2, -0.15) is 0 Å². The van der Waals surface area contributed by atoms with Crippen LogP contribution in [0, 0.1) is 5.41 Å². The van der Waals surface area contributed by atoms with Crippen LogP contribution in [0.1, 0.15) is 43.2 Å². The van der Waals surface area contributed by atoms with E-state index in [1.807, 2.05) is 12.1 Å². The fraction of sp³-hybridized carbons (Fsp3) is 0.444. The minimum absolute atomic E-state index is 0. The Balaban J connectivity index is 0.000000468. The number of phenolic OH excluding ortho intramolecular Hbond substituents is 1. The predicted octanol–water partition coefficient (Wildman–Crippen LogP) is -3.59. The summed E-state index contributed by atoms with van der Waals surface area (Å²) in [5, 5.41) is 22.3. The molecule has 2 N–H and O–H groups in total. The van der Waals surface area contributed by atoms with Crippen molar-refractivity contribution in [1.29, 1.82) is 0 Å². The van der Waals surface area contributed by atoms with Crippen LogP contribution in [0.15, 0.2) is 30.3 Å². The Labute approximate surface area is 203 Å². The molecule has 0 aliphatic heterocycles. The van der Waals surface area contributed by atoms with Crippen LogP contribution in [-0.4, -0.2) is 33.8 Å². The van der Waals surface area contributed by atoms with E-state index in [9.17, 15) is 10.2 Å². The van der Waals surface area contributed by atoms with Gasteiger partial charge in [0.15, 0.2) is 0 Å². The first-order valence-electron chi connectivity index (χ1n) is 8.19. The molecule has 0 heterocycles. The molecule has 3 atom stereocenters. The van der Waals surface area contributed by atoms with Gasteiger partial charge in [-0.05, 0) is 65.6 Å². The van der Waals surface area contributed by atoms with E-state index in [0.29, 0.717) is 11.7 Å². The third-order valence-electron chi connectivity index (χ3n) is 5.73. The van der Waals surface area contributed by atoms with Crippen LogP contribution in [0.3, 0.4) is 0 Å². The number of aliphatic hydroxyl groups excluding tert-OH is 1. The number of hydrogen-bond donors (Lipinski definition) is 2. The first kappa shape index (κ1) is 25.4. The Morgan fingerprint density at radius 3 is 2.37 bits per heavy atom. The molecule has 2 aliphatic rings. The van der Waals surface area contributed by atoms with Crippen LogP contribution >= 0.6 is 0 Å². The summed E-state index contributed by atoms with van der Waals surface area (Å²) in [6.07, 6.45) is 3.95. The summed E-state index contributed by atoms with van der Waals surface area (Å²) in [7, 11) is -5.17. The van der Waals surface area contributed by atoms with Crippen molar-refractivity contribution in [2.24, 2.45) is 5.41 Å². The molecule has 1 unspecified atom stereocenters. The molecule has 4 rings (SSSR count).